The molecule has 1 fully saturated rings. The molecule has 0 bridgehead atoms. The number of hydrogen-bond acceptors (Lipinski definition) is 4. The number of halogens is 2. The van der Waals surface area contributed by atoms with Crippen LogP contribution in [0.25, 0.3) is 0 Å². The van der Waals surface area contributed by atoms with Crippen molar-refractivity contribution in [1.29, 1.82) is 0 Å². The summed E-state index contributed by atoms with van der Waals surface area (Å²) < 4.78 is 28.0. The molecule has 0 spiro atoms. The van der Waals surface area contributed by atoms with Gasteiger partial charge in [-0.15, -0.1) is 0 Å². The maximum Gasteiger partial charge on any atom is 0.241 e. The van der Waals surface area contributed by atoms with Gasteiger partial charge in [0.2, 0.25) is 10.0 Å². The van der Waals surface area contributed by atoms with Gasteiger partial charge in [0.15, 0.2) is 0 Å². The third kappa shape index (κ3) is 5.68. The first-order chi connectivity index (χ1) is 13.0. The first kappa shape index (κ1) is 20.6. The molecule has 0 unspecified atom stereocenters. The third-order valence-corrected chi connectivity index (χ3v) is 7.36. The molecule has 5 nitrogen and oxygen atoms in total. The second-order valence-corrected chi connectivity index (χ2v) is 9.51. The van der Waals surface area contributed by atoms with E-state index in [0.717, 1.165) is 44.2 Å². The predicted molar refractivity (Wildman–Crippen MR) is 114 cm³/mol. The summed E-state index contributed by atoms with van der Waals surface area (Å²) in [5, 5.41) is 0.752. The first-order valence-electron chi connectivity index (χ1n) is 8.93. The van der Waals surface area contributed by atoms with Crippen LogP contribution in [0.2, 0.25) is 5.02 Å². The number of nitrogens with zero attached hydrogens (tertiary/aromatic N) is 2. The average Bonchev–Trinajstić information content (AvgIpc) is 2.67. The van der Waals surface area contributed by atoms with Crippen molar-refractivity contribution in [2.45, 2.75) is 11.3 Å². The SMILES string of the molecule is O=S(=O)(NCCCN1CCN(c2ccc(Cl)cc2)CC1)c1ccccc1Br. The van der Waals surface area contributed by atoms with Crippen molar-refractivity contribution in [3.05, 3.63) is 58.0 Å². The van der Waals surface area contributed by atoms with Crippen LogP contribution in [-0.4, -0.2) is 52.6 Å². The Kier molecular flexibility index (Phi) is 7.16. The molecule has 0 amide bonds. The van der Waals surface area contributed by atoms with Gasteiger partial charge in [-0.25, -0.2) is 13.1 Å². The lowest BCUT2D eigenvalue weighted by molar-refractivity contribution is 0.255. The van der Waals surface area contributed by atoms with Crippen molar-refractivity contribution < 1.29 is 8.42 Å². The Bertz CT molecular complexity index is 854. The summed E-state index contributed by atoms with van der Waals surface area (Å²) in [7, 11) is -3.48. The van der Waals surface area contributed by atoms with E-state index in [2.05, 4.69) is 42.6 Å². The zero-order valence-electron chi connectivity index (χ0n) is 14.9. The molecule has 146 valence electrons. The Labute approximate surface area is 174 Å². The van der Waals surface area contributed by atoms with E-state index in [1.807, 2.05) is 12.1 Å². The van der Waals surface area contributed by atoms with E-state index in [1.54, 1.807) is 24.3 Å². The van der Waals surface area contributed by atoms with E-state index >= 15 is 0 Å². The number of rotatable bonds is 7. The van der Waals surface area contributed by atoms with Gasteiger partial charge >= 0.3 is 0 Å². The molecule has 27 heavy (non-hydrogen) atoms. The molecular weight excluding hydrogens is 450 g/mol. The maximum atomic E-state index is 12.4. The molecule has 3 rings (SSSR count). The lowest BCUT2D eigenvalue weighted by atomic mass is 10.2. The Morgan fingerprint density at radius 3 is 2.33 bits per heavy atom. The minimum atomic E-state index is -3.48. The van der Waals surface area contributed by atoms with Crippen LogP contribution in [0, 0.1) is 0 Å². The fraction of sp³-hybridized carbons (Fsp3) is 0.368. The Hall–Kier alpha value is -1.12. The molecular formula is C19H23BrClN3O2S. The Morgan fingerprint density at radius 1 is 1.00 bits per heavy atom. The van der Waals surface area contributed by atoms with Crippen LogP contribution in [0.3, 0.4) is 0 Å². The highest BCUT2D eigenvalue weighted by atomic mass is 79.9. The monoisotopic (exact) mass is 471 g/mol. The van der Waals surface area contributed by atoms with Crippen LogP contribution >= 0.6 is 27.5 Å². The molecule has 1 aliphatic heterocycles. The van der Waals surface area contributed by atoms with Crippen molar-refractivity contribution in [2.24, 2.45) is 0 Å². The van der Waals surface area contributed by atoms with Crippen molar-refractivity contribution in [1.82, 2.24) is 9.62 Å². The first-order valence-corrected chi connectivity index (χ1v) is 11.6. The standard InChI is InChI=1S/C19H23BrClN3O2S/c20-18-4-1-2-5-19(18)27(25,26)22-10-3-11-23-12-14-24(15-13-23)17-8-6-16(21)7-9-17/h1-2,4-9,22H,3,10-15H2. The fourth-order valence-corrected chi connectivity index (χ4v) is 5.33. The number of benzene rings is 2. The van der Waals surface area contributed by atoms with Gasteiger partial charge in [-0.3, -0.25) is 4.90 Å². The van der Waals surface area contributed by atoms with Crippen molar-refractivity contribution >= 4 is 43.2 Å². The minimum absolute atomic E-state index is 0.279. The second kappa shape index (κ2) is 9.39. The summed E-state index contributed by atoms with van der Waals surface area (Å²) in [5.74, 6) is 0. The van der Waals surface area contributed by atoms with Gasteiger partial charge in [0.1, 0.15) is 0 Å². The van der Waals surface area contributed by atoms with Gasteiger partial charge in [-0.1, -0.05) is 23.7 Å². The Morgan fingerprint density at radius 2 is 1.67 bits per heavy atom. The van der Waals surface area contributed by atoms with Crippen LogP contribution in [0.1, 0.15) is 6.42 Å². The average molecular weight is 473 g/mol. The van der Waals surface area contributed by atoms with Gasteiger partial charge in [0, 0.05) is 47.9 Å². The molecule has 1 aliphatic rings. The van der Waals surface area contributed by atoms with Crippen molar-refractivity contribution in [3.8, 4) is 0 Å². The van der Waals surface area contributed by atoms with Crippen LogP contribution in [0.4, 0.5) is 5.69 Å². The second-order valence-electron chi connectivity index (χ2n) is 6.49. The topological polar surface area (TPSA) is 52.7 Å². The summed E-state index contributed by atoms with van der Waals surface area (Å²) in [6.07, 6.45) is 0.782. The van der Waals surface area contributed by atoms with Crippen molar-refractivity contribution in [2.75, 3.05) is 44.2 Å². The highest BCUT2D eigenvalue weighted by Gasteiger charge is 2.18. The normalized spacial score (nSPS) is 15.9. The number of nitrogens with one attached hydrogen (secondary N) is 1. The largest absolute Gasteiger partial charge is 0.369 e. The quantitative estimate of drug-likeness (QED) is 0.626. The highest BCUT2D eigenvalue weighted by molar-refractivity contribution is 9.10. The summed E-state index contributed by atoms with van der Waals surface area (Å²) in [6, 6.07) is 14.8. The van der Waals surface area contributed by atoms with E-state index in [9.17, 15) is 8.42 Å². The van der Waals surface area contributed by atoms with E-state index in [4.69, 9.17) is 11.6 Å². The van der Waals surface area contributed by atoms with Gasteiger partial charge < -0.3 is 4.90 Å². The molecule has 1 saturated heterocycles. The van der Waals surface area contributed by atoms with Gasteiger partial charge in [-0.05, 0) is 65.3 Å². The molecule has 0 aromatic heterocycles. The molecule has 2 aromatic rings. The van der Waals surface area contributed by atoms with Crippen LogP contribution in [0.15, 0.2) is 57.9 Å². The number of anilines is 1. The van der Waals surface area contributed by atoms with Crippen LogP contribution < -0.4 is 9.62 Å². The smallest absolute Gasteiger partial charge is 0.241 e. The highest BCUT2D eigenvalue weighted by Crippen LogP contribution is 2.21. The molecule has 0 saturated carbocycles. The third-order valence-electron chi connectivity index (χ3n) is 4.63. The van der Waals surface area contributed by atoms with Crippen LogP contribution in [0.5, 0.6) is 0 Å². The molecule has 0 atom stereocenters. The summed E-state index contributed by atoms with van der Waals surface area (Å²) in [6.45, 7) is 5.18. The van der Waals surface area contributed by atoms with Gasteiger partial charge in [0.05, 0.1) is 4.90 Å². The lowest BCUT2D eigenvalue weighted by Gasteiger charge is -2.36. The van der Waals surface area contributed by atoms with E-state index < -0.39 is 10.0 Å². The Balaban J connectivity index is 1.40. The van der Waals surface area contributed by atoms with E-state index in [1.165, 1.54) is 5.69 Å². The van der Waals surface area contributed by atoms with Crippen LogP contribution in [-0.2, 0) is 10.0 Å². The predicted octanol–water partition coefficient (Wildman–Crippen LogP) is 3.59. The zero-order valence-corrected chi connectivity index (χ0v) is 18.1. The summed E-state index contributed by atoms with van der Waals surface area (Å²) in [5.41, 5.74) is 1.19. The van der Waals surface area contributed by atoms with E-state index in [-0.39, 0.29) is 4.90 Å². The fourth-order valence-electron chi connectivity index (χ4n) is 3.13. The number of piperazine rings is 1. The molecule has 8 heteroatoms. The summed E-state index contributed by atoms with van der Waals surface area (Å²) >= 11 is 9.24. The van der Waals surface area contributed by atoms with Gasteiger partial charge in [-0.2, -0.15) is 0 Å². The molecule has 1 N–H and O–H groups in total. The molecule has 0 aliphatic carbocycles. The number of sulfonamides is 1. The lowest BCUT2D eigenvalue weighted by Crippen LogP contribution is -2.47. The maximum absolute atomic E-state index is 12.4. The molecule has 1 heterocycles. The number of hydrogen-bond donors (Lipinski definition) is 1. The van der Waals surface area contributed by atoms with E-state index in [0.29, 0.717) is 11.0 Å². The molecule has 2 aromatic carbocycles. The minimum Gasteiger partial charge on any atom is -0.369 e. The van der Waals surface area contributed by atoms with Crippen molar-refractivity contribution in [3.63, 3.8) is 0 Å². The molecule has 0 radical (unpaired) electrons. The zero-order chi connectivity index (χ0) is 19.3. The van der Waals surface area contributed by atoms with Gasteiger partial charge in [0.25, 0.3) is 0 Å². The summed E-state index contributed by atoms with van der Waals surface area (Å²) in [4.78, 5) is 5.00.